The van der Waals surface area contributed by atoms with Crippen molar-refractivity contribution in [2.45, 2.75) is 26.9 Å². The smallest absolute Gasteiger partial charge is 0.241 e. The maximum absolute atomic E-state index is 11.7. The molecule has 0 radical (unpaired) electrons. The molecule has 0 aliphatic carbocycles. The number of carbonyl (C=O) groups is 1. The normalized spacial score (nSPS) is 10.9. The number of aryl methyl sites for hydroxylation is 1. The Morgan fingerprint density at radius 2 is 2.00 bits per heavy atom. The molecule has 1 aromatic heterocycles. The second kappa shape index (κ2) is 11.6. The molecule has 0 aliphatic heterocycles. The lowest BCUT2D eigenvalue weighted by molar-refractivity contribution is -0.127. The zero-order chi connectivity index (χ0) is 18.9. The average molecular weight is 484 g/mol. The van der Waals surface area contributed by atoms with Crippen molar-refractivity contribution >= 4 is 35.8 Å². The first-order chi connectivity index (χ1) is 12.5. The summed E-state index contributed by atoms with van der Waals surface area (Å²) in [7, 11) is 3.48. The summed E-state index contributed by atoms with van der Waals surface area (Å²) < 4.78 is 2.11. The van der Waals surface area contributed by atoms with Crippen molar-refractivity contribution in [3.63, 3.8) is 0 Å². The van der Waals surface area contributed by atoms with Gasteiger partial charge in [0.2, 0.25) is 5.91 Å². The number of nitrogens with one attached hydrogen (secondary N) is 2. The molecule has 2 rings (SSSR count). The van der Waals surface area contributed by atoms with Crippen molar-refractivity contribution in [1.29, 1.82) is 0 Å². The molecule has 27 heavy (non-hydrogen) atoms. The molecule has 0 unspecified atom stereocenters. The Balaban J connectivity index is 0.00000364. The number of hydrogen-bond donors (Lipinski definition) is 2. The predicted molar refractivity (Wildman–Crippen MR) is 119 cm³/mol. The standard InChI is InChI=1S/C19H28N6O.HI/c1-5-20-19(23-13-18(26)24(3)4)22-12-16-7-6-8-17(11-16)14-25-10-9-21-15(25)2;/h6-11H,5,12-14H2,1-4H3,(H2,20,22,23);1H. The minimum atomic E-state index is 0. The number of carbonyl (C=O) groups excluding carboxylic acids is 1. The number of amides is 1. The van der Waals surface area contributed by atoms with Crippen molar-refractivity contribution in [2.24, 2.45) is 4.99 Å². The van der Waals surface area contributed by atoms with E-state index in [0.29, 0.717) is 12.5 Å². The van der Waals surface area contributed by atoms with Crippen LogP contribution in [0, 0.1) is 6.92 Å². The van der Waals surface area contributed by atoms with Crippen molar-refractivity contribution in [3.05, 3.63) is 53.6 Å². The minimum absolute atomic E-state index is 0. The van der Waals surface area contributed by atoms with Gasteiger partial charge >= 0.3 is 0 Å². The number of rotatable bonds is 7. The van der Waals surface area contributed by atoms with Gasteiger partial charge in [0.25, 0.3) is 0 Å². The molecule has 2 aromatic rings. The SMILES string of the molecule is CCNC(=NCc1cccc(Cn2ccnc2C)c1)NCC(=O)N(C)C.I. The summed E-state index contributed by atoms with van der Waals surface area (Å²) in [4.78, 5) is 22.1. The first-order valence-corrected chi connectivity index (χ1v) is 8.77. The summed E-state index contributed by atoms with van der Waals surface area (Å²) in [5.41, 5.74) is 2.33. The van der Waals surface area contributed by atoms with Crippen LogP contribution in [0.5, 0.6) is 0 Å². The first kappa shape index (κ1) is 22.9. The molecule has 0 aliphatic rings. The molecule has 7 nitrogen and oxygen atoms in total. The maximum atomic E-state index is 11.7. The van der Waals surface area contributed by atoms with Crippen LogP contribution in [0.3, 0.4) is 0 Å². The molecule has 1 amide bonds. The van der Waals surface area contributed by atoms with Crippen molar-refractivity contribution in [2.75, 3.05) is 27.2 Å². The van der Waals surface area contributed by atoms with E-state index in [0.717, 1.165) is 24.5 Å². The number of benzene rings is 1. The van der Waals surface area contributed by atoms with Crippen LogP contribution in [0.15, 0.2) is 41.7 Å². The molecule has 8 heteroatoms. The predicted octanol–water partition coefficient (Wildman–Crippen LogP) is 2.00. The van der Waals surface area contributed by atoms with Gasteiger partial charge in [0.1, 0.15) is 5.82 Å². The van der Waals surface area contributed by atoms with Crippen molar-refractivity contribution in [1.82, 2.24) is 25.1 Å². The van der Waals surface area contributed by atoms with Crippen LogP contribution in [0.1, 0.15) is 23.9 Å². The number of aromatic nitrogens is 2. The molecule has 0 bridgehead atoms. The first-order valence-electron chi connectivity index (χ1n) is 8.77. The molecule has 2 N–H and O–H groups in total. The van der Waals surface area contributed by atoms with Gasteiger partial charge in [0.15, 0.2) is 5.96 Å². The molecule has 0 saturated carbocycles. The lowest BCUT2D eigenvalue weighted by Crippen LogP contribution is -2.42. The van der Waals surface area contributed by atoms with Crippen LogP contribution in [-0.4, -0.2) is 53.5 Å². The summed E-state index contributed by atoms with van der Waals surface area (Å²) in [5, 5.41) is 6.23. The van der Waals surface area contributed by atoms with Gasteiger partial charge in [-0.2, -0.15) is 0 Å². The van der Waals surface area contributed by atoms with Gasteiger partial charge < -0.3 is 20.1 Å². The quantitative estimate of drug-likeness (QED) is 0.358. The lowest BCUT2D eigenvalue weighted by Gasteiger charge is -2.14. The molecule has 0 saturated heterocycles. The fourth-order valence-electron chi connectivity index (χ4n) is 2.42. The lowest BCUT2D eigenvalue weighted by atomic mass is 10.1. The highest BCUT2D eigenvalue weighted by molar-refractivity contribution is 14.0. The number of nitrogens with zero attached hydrogens (tertiary/aromatic N) is 4. The highest BCUT2D eigenvalue weighted by Gasteiger charge is 2.05. The third kappa shape index (κ3) is 7.58. The summed E-state index contributed by atoms with van der Waals surface area (Å²) in [6, 6.07) is 8.36. The molecule has 0 spiro atoms. The van der Waals surface area contributed by atoms with Gasteiger partial charge in [-0.25, -0.2) is 9.98 Å². The molecule has 0 fully saturated rings. The van der Waals surface area contributed by atoms with Gasteiger partial charge in [-0.15, -0.1) is 24.0 Å². The maximum Gasteiger partial charge on any atom is 0.241 e. The highest BCUT2D eigenvalue weighted by atomic mass is 127. The highest BCUT2D eigenvalue weighted by Crippen LogP contribution is 2.09. The monoisotopic (exact) mass is 484 g/mol. The van der Waals surface area contributed by atoms with Crippen LogP contribution >= 0.6 is 24.0 Å². The third-order valence-electron chi connectivity index (χ3n) is 3.94. The summed E-state index contributed by atoms with van der Waals surface area (Å²) in [5.74, 6) is 1.64. The molecular formula is C19H29IN6O. The van der Waals surface area contributed by atoms with E-state index < -0.39 is 0 Å². The number of imidazole rings is 1. The Kier molecular flexibility index (Phi) is 9.84. The molecule has 0 atom stereocenters. The number of guanidine groups is 1. The van der Waals surface area contributed by atoms with Crippen LogP contribution in [0.2, 0.25) is 0 Å². The second-order valence-electron chi connectivity index (χ2n) is 6.26. The number of halogens is 1. The Morgan fingerprint density at radius 3 is 2.63 bits per heavy atom. The average Bonchev–Trinajstić information content (AvgIpc) is 3.02. The largest absolute Gasteiger partial charge is 0.357 e. The molecule has 148 valence electrons. The summed E-state index contributed by atoms with van der Waals surface area (Å²) >= 11 is 0. The van der Waals surface area contributed by atoms with Gasteiger partial charge in [-0.05, 0) is 25.0 Å². The van der Waals surface area contributed by atoms with Gasteiger partial charge in [-0.1, -0.05) is 24.3 Å². The van der Waals surface area contributed by atoms with Gasteiger partial charge in [0.05, 0.1) is 13.1 Å². The second-order valence-corrected chi connectivity index (χ2v) is 6.26. The van der Waals surface area contributed by atoms with Crippen LogP contribution in [0.25, 0.3) is 0 Å². The van der Waals surface area contributed by atoms with E-state index in [1.807, 2.05) is 32.3 Å². The van der Waals surface area contributed by atoms with E-state index in [1.165, 1.54) is 5.56 Å². The molecule has 1 heterocycles. The topological polar surface area (TPSA) is 74.5 Å². The van der Waals surface area contributed by atoms with Crippen LogP contribution < -0.4 is 10.6 Å². The summed E-state index contributed by atoms with van der Waals surface area (Å²) in [6.45, 7) is 6.29. The number of hydrogen-bond acceptors (Lipinski definition) is 3. The fraction of sp³-hybridized carbons (Fsp3) is 0.421. The van der Waals surface area contributed by atoms with E-state index in [4.69, 9.17) is 0 Å². The Labute approximate surface area is 178 Å². The Morgan fingerprint density at radius 1 is 1.26 bits per heavy atom. The van der Waals surface area contributed by atoms with Gasteiger partial charge in [0, 0.05) is 39.6 Å². The zero-order valence-electron chi connectivity index (χ0n) is 16.4. The van der Waals surface area contributed by atoms with Gasteiger partial charge in [-0.3, -0.25) is 4.79 Å². The number of aliphatic imine (C=N–C) groups is 1. The van der Waals surface area contributed by atoms with Crippen molar-refractivity contribution < 1.29 is 4.79 Å². The summed E-state index contributed by atoms with van der Waals surface area (Å²) in [6.07, 6.45) is 3.79. The van der Waals surface area contributed by atoms with E-state index in [2.05, 4.69) is 43.4 Å². The Bertz CT molecular complexity index is 756. The van der Waals surface area contributed by atoms with E-state index in [-0.39, 0.29) is 36.4 Å². The molecular weight excluding hydrogens is 455 g/mol. The van der Waals surface area contributed by atoms with E-state index >= 15 is 0 Å². The minimum Gasteiger partial charge on any atom is -0.357 e. The third-order valence-corrected chi connectivity index (χ3v) is 3.94. The van der Waals surface area contributed by atoms with E-state index in [9.17, 15) is 4.79 Å². The number of likely N-dealkylation sites (N-methyl/N-ethyl adjacent to an activating group) is 1. The fourth-order valence-corrected chi connectivity index (χ4v) is 2.42. The van der Waals surface area contributed by atoms with Crippen molar-refractivity contribution in [3.8, 4) is 0 Å². The van der Waals surface area contributed by atoms with Crippen LogP contribution in [0.4, 0.5) is 0 Å². The Hall–Kier alpha value is -2.10. The zero-order valence-corrected chi connectivity index (χ0v) is 18.7. The van der Waals surface area contributed by atoms with Crippen LogP contribution in [-0.2, 0) is 17.9 Å². The molecule has 1 aromatic carbocycles. The van der Waals surface area contributed by atoms with E-state index in [1.54, 1.807) is 19.0 Å².